The van der Waals surface area contributed by atoms with Crippen molar-refractivity contribution in [2.45, 2.75) is 13.8 Å². The van der Waals surface area contributed by atoms with Gasteiger partial charge in [-0.2, -0.15) is 0 Å². The lowest BCUT2D eigenvalue weighted by molar-refractivity contribution is 0.255. The van der Waals surface area contributed by atoms with Crippen molar-refractivity contribution in [2.24, 2.45) is 0 Å². The first-order valence-corrected chi connectivity index (χ1v) is 8.13. The first-order chi connectivity index (χ1) is 11.2. The highest BCUT2D eigenvalue weighted by molar-refractivity contribution is 7.21. The van der Waals surface area contributed by atoms with E-state index in [1.165, 1.54) is 10.3 Å². The number of allylic oxidation sites excluding steroid dienone is 1. The molecular formula is C18H17N3OS. The minimum Gasteiger partial charge on any atom is -0.315 e. The Morgan fingerprint density at radius 2 is 1.96 bits per heavy atom. The van der Waals surface area contributed by atoms with Crippen molar-refractivity contribution < 1.29 is 4.79 Å². The highest BCUT2D eigenvalue weighted by atomic mass is 32.1. The van der Waals surface area contributed by atoms with Gasteiger partial charge in [0, 0.05) is 17.5 Å². The van der Waals surface area contributed by atoms with Crippen molar-refractivity contribution in [1.82, 2.24) is 10.3 Å². The molecule has 0 bridgehead atoms. The van der Waals surface area contributed by atoms with Gasteiger partial charge in [-0.25, -0.2) is 9.78 Å². The quantitative estimate of drug-likeness (QED) is 0.718. The molecule has 116 valence electrons. The summed E-state index contributed by atoms with van der Waals surface area (Å²) in [7, 11) is 0. The number of anilines is 1. The lowest BCUT2D eigenvalue weighted by atomic mass is 10.2. The number of nitrogens with zero attached hydrogens (tertiary/aromatic N) is 1. The molecule has 0 aliphatic carbocycles. The normalized spacial score (nSPS) is 11.0. The van der Waals surface area contributed by atoms with Crippen LogP contribution in [0.2, 0.25) is 0 Å². The molecule has 3 aromatic rings. The topological polar surface area (TPSA) is 54.0 Å². The van der Waals surface area contributed by atoms with Gasteiger partial charge in [-0.1, -0.05) is 12.1 Å². The fourth-order valence-electron chi connectivity index (χ4n) is 2.18. The molecule has 0 fully saturated rings. The molecule has 2 aromatic carbocycles. The van der Waals surface area contributed by atoms with Crippen molar-refractivity contribution in [2.75, 3.05) is 5.32 Å². The highest BCUT2D eigenvalue weighted by Crippen LogP contribution is 2.31. The zero-order valence-electron chi connectivity index (χ0n) is 13.0. The molecule has 0 aliphatic rings. The Balaban J connectivity index is 1.79. The second-order valence-electron chi connectivity index (χ2n) is 5.17. The maximum absolute atomic E-state index is 11.6. The Hall–Kier alpha value is -2.66. The minimum atomic E-state index is -0.258. The molecule has 3 rings (SSSR count). The summed E-state index contributed by atoms with van der Waals surface area (Å²) in [6.45, 7) is 3.92. The SMILES string of the molecule is C/C=C/NC(=O)Nc1ccc(-c2nc3ccc(C)cc3s2)cc1. The lowest BCUT2D eigenvalue weighted by Gasteiger charge is -2.05. The molecule has 0 saturated carbocycles. The van der Waals surface area contributed by atoms with Gasteiger partial charge in [-0.3, -0.25) is 0 Å². The summed E-state index contributed by atoms with van der Waals surface area (Å²) >= 11 is 1.68. The van der Waals surface area contributed by atoms with Crippen LogP contribution in [-0.2, 0) is 0 Å². The maximum Gasteiger partial charge on any atom is 0.323 e. The molecule has 4 nitrogen and oxygen atoms in total. The third-order valence-corrected chi connectivity index (χ3v) is 4.38. The number of aromatic nitrogens is 1. The summed E-state index contributed by atoms with van der Waals surface area (Å²) in [6.07, 6.45) is 3.35. The first-order valence-electron chi connectivity index (χ1n) is 7.32. The molecule has 2 N–H and O–H groups in total. The number of thiazole rings is 1. The predicted molar refractivity (Wildman–Crippen MR) is 96.8 cm³/mol. The van der Waals surface area contributed by atoms with E-state index in [4.69, 9.17) is 0 Å². The standard InChI is InChI=1S/C18H17N3OS/c1-3-10-19-18(22)20-14-7-5-13(6-8-14)17-21-15-9-4-12(2)11-16(15)23-17/h3-11H,1-2H3,(H2,19,20,22)/b10-3+. The van der Waals surface area contributed by atoms with Crippen molar-refractivity contribution in [3.05, 3.63) is 60.3 Å². The van der Waals surface area contributed by atoms with Crippen molar-refractivity contribution in [3.8, 4) is 10.6 Å². The number of hydrogen-bond acceptors (Lipinski definition) is 3. The van der Waals surface area contributed by atoms with Crippen LogP contribution in [0.4, 0.5) is 10.5 Å². The van der Waals surface area contributed by atoms with Crippen LogP contribution in [-0.4, -0.2) is 11.0 Å². The number of aryl methyl sites for hydroxylation is 1. The van der Waals surface area contributed by atoms with Gasteiger partial charge in [-0.05, 0) is 55.8 Å². The van der Waals surface area contributed by atoms with Crippen LogP contribution in [0.1, 0.15) is 12.5 Å². The zero-order chi connectivity index (χ0) is 16.2. The van der Waals surface area contributed by atoms with Gasteiger partial charge in [0.05, 0.1) is 10.2 Å². The van der Waals surface area contributed by atoms with Crippen molar-refractivity contribution in [3.63, 3.8) is 0 Å². The van der Waals surface area contributed by atoms with E-state index in [1.54, 1.807) is 23.6 Å². The Bertz CT molecular complexity index is 866. The van der Waals surface area contributed by atoms with Gasteiger partial charge in [-0.15, -0.1) is 11.3 Å². The van der Waals surface area contributed by atoms with Crippen molar-refractivity contribution >= 4 is 33.3 Å². The molecule has 0 atom stereocenters. The first kappa shape index (κ1) is 15.2. The Morgan fingerprint density at radius 1 is 1.17 bits per heavy atom. The van der Waals surface area contributed by atoms with Gasteiger partial charge in [0.1, 0.15) is 5.01 Å². The fraction of sp³-hybridized carbons (Fsp3) is 0.111. The molecule has 0 saturated heterocycles. The molecule has 0 aliphatic heterocycles. The van der Waals surface area contributed by atoms with Crippen LogP contribution in [0.5, 0.6) is 0 Å². The highest BCUT2D eigenvalue weighted by Gasteiger charge is 2.07. The van der Waals surface area contributed by atoms with Crippen LogP contribution in [0.15, 0.2) is 54.7 Å². The molecule has 2 amide bonds. The van der Waals surface area contributed by atoms with E-state index in [0.717, 1.165) is 21.8 Å². The average molecular weight is 323 g/mol. The van der Waals surface area contributed by atoms with Crippen LogP contribution in [0, 0.1) is 6.92 Å². The van der Waals surface area contributed by atoms with E-state index in [0.29, 0.717) is 0 Å². The minimum absolute atomic E-state index is 0.258. The molecular weight excluding hydrogens is 306 g/mol. The summed E-state index contributed by atoms with van der Waals surface area (Å²) in [5.41, 5.74) is 4.04. The number of carbonyl (C=O) groups is 1. The summed E-state index contributed by atoms with van der Waals surface area (Å²) in [5.74, 6) is 0. The third kappa shape index (κ3) is 3.57. The van der Waals surface area contributed by atoms with E-state index >= 15 is 0 Å². The Kier molecular flexibility index (Phi) is 4.39. The molecule has 0 radical (unpaired) electrons. The Morgan fingerprint density at radius 3 is 2.70 bits per heavy atom. The maximum atomic E-state index is 11.6. The third-order valence-electron chi connectivity index (χ3n) is 3.31. The van der Waals surface area contributed by atoms with Gasteiger partial charge in [0.2, 0.25) is 0 Å². The largest absolute Gasteiger partial charge is 0.323 e. The smallest absolute Gasteiger partial charge is 0.315 e. The molecule has 5 heteroatoms. The second-order valence-corrected chi connectivity index (χ2v) is 6.20. The van der Waals surface area contributed by atoms with Crippen LogP contribution < -0.4 is 10.6 Å². The van der Waals surface area contributed by atoms with Crippen LogP contribution in [0.3, 0.4) is 0 Å². The number of urea groups is 1. The van der Waals surface area contributed by atoms with Gasteiger partial charge >= 0.3 is 6.03 Å². The van der Waals surface area contributed by atoms with E-state index < -0.39 is 0 Å². The number of carbonyl (C=O) groups excluding carboxylic acids is 1. The number of amides is 2. The van der Waals surface area contributed by atoms with Crippen LogP contribution >= 0.6 is 11.3 Å². The van der Waals surface area contributed by atoms with Crippen LogP contribution in [0.25, 0.3) is 20.8 Å². The van der Waals surface area contributed by atoms with E-state index in [2.05, 4.69) is 34.7 Å². The van der Waals surface area contributed by atoms with Gasteiger partial charge in [0.15, 0.2) is 0 Å². The Labute approximate surface area is 138 Å². The molecule has 1 heterocycles. The van der Waals surface area contributed by atoms with E-state index in [9.17, 15) is 4.79 Å². The van der Waals surface area contributed by atoms with Crippen molar-refractivity contribution in [1.29, 1.82) is 0 Å². The second kappa shape index (κ2) is 6.62. The van der Waals surface area contributed by atoms with E-state index in [-0.39, 0.29) is 6.03 Å². The molecule has 0 unspecified atom stereocenters. The van der Waals surface area contributed by atoms with Gasteiger partial charge in [0.25, 0.3) is 0 Å². The summed E-state index contributed by atoms with van der Waals surface area (Å²) < 4.78 is 1.19. The average Bonchev–Trinajstić information content (AvgIpc) is 2.96. The number of fused-ring (bicyclic) bond motifs is 1. The lowest BCUT2D eigenvalue weighted by Crippen LogP contribution is -2.23. The fourth-order valence-corrected chi connectivity index (χ4v) is 3.25. The number of hydrogen-bond donors (Lipinski definition) is 2. The summed E-state index contributed by atoms with van der Waals surface area (Å²) in [4.78, 5) is 16.3. The number of rotatable bonds is 3. The monoisotopic (exact) mass is 323 g/mol. The zero-order valence-corrected chi connectivity index (χ0v) is 13.8. The number of nitrogens with one attached hydrogen (secondary N) is 2. The number of benzene rings is 2. The summed E-state index contributed by atoms with van der Waals surface area (Å²) in [6, 6.07) is 13.7. The van der Waals surface area contributed by atoms with Gasteiger partial charge < -0.3 is 10.6 Å². The molecule has 1 aromatic heterocycles. The molecule has 23 heavy (non-hydrogen) atoms. The predicted octanol–water partition coefficient (Wildman–Crippen LogP) is 4.93. The van der Waals surface area contributed by atoms with E-state index in [1.807, 2.05) is 37.3 Å². The molecule has 0 spiro atoms. The summed E-state index contributed by atoms with van der Waals surface area (Å²) in [5, 5.41) is 6.36.